The molecule has 4 rings (SSSR count). The molecule has 0 radical (unpaired) electrons. The van der Waals surface area contributed by atoms with Crippen LogP contribution in [-0.2, 0) is 4.74 Å². The number of aliphatic hydroxyl groups excluding tert-OH is 1. The van der Waals surface area contributed by atoms with Crippen molar-refractivity contribution in [2.24, 2.45) is 5.92 Å². The van der Waals surface area contributed by atoms with Crippen molar-refractivity contribution in [1.29, 1.82) is 0 Å². The number of nitrogens with zero attached hydrogens (tertiary/aromatic N) is 1. The zero-order valence-electron chi connectivity index (χ0n) is 18.8. The smallest absolute Gasteiger partial charge is 0.340 e. The van der Waals surface area contributed by atoms with Crippen LogP contribution in [0.5, 0.6) is 5.75 Å². The van der Waals surface area contributed by atoms with Crippen LogP contribution in [0.25, 0.3) is 0 Å². The predicted octanol–water partition coefficient (Wildman–Crippen LogP) is 5.76. The monoisotopic (exact) mass is 513 g/mol. The summed E-state index contributed by atoms with van der Waals surface area (Å²) < 4.78 is 39.8. The molecule has 2 aliphatic rings. The summed E-state index contributed by atoms with van der Waals surface area (Å²) in [5, 5.41) is 10.2. The minimum Gasteiger partial charge on any atom is -0.493 e. The minimum atomic E-state index is -0.700. The number of methoxy groups -OCH3 is 1. The number of benzene rings is 2. The van der Waals surface area contributed by atoms with Gasteiger partial charge in [0, 0.05) is 16.7 Å². The van der Waals surface area contributed by atoms with E-state index in [0.717, 1.165) is 31.2 Å². The van der Waals surface area contributed by atoms with E-state index in [1.54, 1.807) is 6.07 Å². The van der Waals surface area contributed by atoms with Crippen LogP contribution < -0.4 is 4.74 Å². The summed E-state index contributed by atoms with van der Waals surface area (Å²) in [6.07, 6.45) is 3.50. The molecule has 9 heteroatoms. The van der Waals surface area contributed by atoms with Gasteiger partial charge in [-0.1, -0.05) is 23.2 Å². The largest absolute Gasteiger partial charge is 0.493 e. The number of hydrogen-bond donors (Lipinski definition) is 1. The van der Waals surface area contributed by atoms with Gasteiger partial charge in [0.1, 0.15) is 17.4 Å². The van der Waals surface area contributed by atoms with Gasteiger partial charge in [-0.2, -0.15) is 0 Å². The summed E-state index contributed by atoms with van der Waals surface area (Å²) in [5.74, 6) is -0.966. The number of aliphatic hydroxyl groups is 1. The Morgan fingerprint density at radius 3 is 2.47 bits per heavy atom. The second-order valence-electron chi connectivity index (χ2n) is 8.92. The average molecular weight is 514 g/mol. The van der Waals surface area contributed by atoms with Gasteiger partial charge in [-0.15, -0.1) is 0 Å². The van der Waals surface area contributed by atoms with Crippen molar-refractivity contribution in [3.05, 3.63) is 62.6 Å². The van der Waals surface area contributed by atoms with Gasteiger partial charge in [-0.3, -0.25) is 4.90 Å². The van der Waals surface area contributed by atoms with Crippen LogP contribution in [0.3, 0.4) is 0 Å². The Morgan fingerprint density at radius 2 is 1.85 bits per heavy atom. The van der Waals surface area contributed by atoms with E-state index in [1.807, 2.05) is 4.90 Å². The van der Waals surface area contributed by atoms with Gasteiger partial charge >= 0.3 is 5.97 Å². The first-order valence-electron chi connectivity index (χ1n) is 11.4. The number of halogens is 4. The number of piperidine rings is 1. The van der Waals surface area contributed by atoms with E-state index in [2.05, 4.69) is 4.74 Å². The van der Waals surface area contributed by atoms with Gasteiger partial charge in [0.05, 0.1) is 37.0 Å². The molecule has 1 aliphatic heterocycles. The maximum absolute atomic E-state index is 14.6. The van der Waals surface area contributed by atoms with Gasteiger partial charge < -0.3 is 14.6 Å². The molecule has 34 heavy (non-hydrogen) atoms. The summed E-state index contributed by atoms with van der Waals surface area (Å²) in [7, 11) is 1.23. The van der Waals surface area contributed by atoms with E-state index in [1.165, 1.54) is 25.3 Å². The van der Waals surface area contributed by atoms with Gasteiger partial charge in [0.15, 0.2) is 0 Å². The molecule has 1 aliphatic carbocycles. The van der Waals surface area contributed by atoms with Crippen LogP contribution in [0.15, 0.2) is 24.3 Å². The third-order valence-corrected chi connectivity index (χ3v) is 7.13. The lowest BCUT2D eigenvalue weighted by Crippen LogP contribution is -2.39. The van der Waals surface area contributed by atoms with Crippen molar-refractivity contribution < 1.29 is 28.2 Å². The second kappa shape index (κ2) is 10.8. The van der Waals surface area contributed by atoms with E-state index in [0.29, 0.717) is 30.5 Å². The van der Waals surface area contributed by atoms with Gasteiger partial charge in [-0.05, 0) is 74.4 Å². The number of carbonyl (C=O) groups is 1. The quantitative estimate of drug-likeness (QED) is 0.359. The van der Waals surface area contributed by atoms with Crippen LogP contribution in [-0.4, -0.2) is 49.4 Å². The van der Waals surface area contributed by atoms with Crippen molar-refractivity contribution >= 4 is 29.2 Å². The van der Waals surface area contributed by atoms with E-state index < -0.39 is 23.6 Å². The number of rotatable bonds is 8. The Hall–Kier alpha value is -1.93. The molecule has 1 saturated heterocycles. The molecule has 1 N–H and O–H groups in total. The molecular weight excluding hydrogens is 487 g/mol. The van der Waals surface area contributed by atoms with Crippen LogP contribution >= 0.6 is 23.2 Å². The first kappa shape index (κ1) is 25.2. The number of likely N-dealkylation sites (tertiary alicyclic amines) is 1. The zero-order valence-corrected chi connectivity index (χ0v) is 20.3. The van der Waals surface area contributed by atoms with E-state index >= 15 is 0 Å². The Morgan fingerprint density at radius 1 is 1.15 bits per heavy atom. The van der Waals surface area contributed by atoms with E-state index in [9.17, 15) is 18.7 Å². The Kier molecular flexibility index (Phi) is 7.97. The molecule has 5 nitrogen and oxygen atoms in total. The molecule has 1 saturated carbocycles. The summed E-state index contributed by atoms with van der Waals surface area (Å²) >= 11 is 12.0. The third-order valence-electron chi connectivity index (χ3n) is 6.64. The molecule has 1 unspecified atom stereocenters. The standard InChI is InChI=1S/C25H27Cl2F2NO4/c1-33-25(32)18-10-17(15-2-3-15)23(11-21(18)28)34-13-14-4-6-30(7-5-14)22(12-31)19-8-16(26)9-20(27)24(19)29/h8-11,14-15,22,31H,2-7,12-13H2,1H3. The SMILES string of the molecule is COC(=O)c1cc(C2CC2)c(OCC2CCN(C(CO)c3cc(Cl)cc(Cl)c3F)CC2)cc1F. The van der Waals surface area contributed by atoms with E-state index in [-0.39, 0.29) is 34.6 Å². The summed E-state index contributed by atoms with van der Waals surface area (Å²) in [5.41, 5.74) is 1.05. The van der Waals surface area contributed by atoms with Crippen molar-refractivity contribution in [3.8, 4) is 5.75 Å². The summed E-state index contributed by atoms with van der Waals surface area (Å²) in [4.78, 5) is 13.9. The Balaban J connectivity index is 1.39. The van der Waals surface area contributed by atoms with Crippen molar-refractivity contribution in [2.45, 2.75) is 37.6 Å². The maximum Gasteiger partial charge on any atom is 0.340 e. The van der Waals surface area contributed by atoms with Crippen molar-refractivity contribution in [3.63, 3.8) is 0 Å². The second-order valence-corrected chi connectivity index (χ2v) is 9.76. The molecule has 0 amide bonds. The third kappa shape index (κ3) is 5.48. The molecule has 1 heterocycles. The lowest BCUT2D eigenvalue weighted by Gasteiger charge is -2.37. The number of esters is 1. The van der Waals surface area contributed by atoms with Crippen LogP contribution in [0.4, 0.5) is 8.78 Å². The normalized spacial score (nSPS) is 18.1. The molecule has 184 valence electrons. The van der Waals surface area contributed by atoms with Gasteiger partial charge in [0.2, 0.25) is 0 Å². The van der Waals surface area contributed by atoms with Gasteiger partial charge in [0.25, 0.3) is 0 Å². The van der Waals surface area contributed by atoms with Gasteiger partial charge in [-0.25, -0.2) is 13.6 Å². The lowest BCUT2D eigenvalue weighted by molar-refractivity contribution is 0.0595. The van der Waals surface area contributed by atoms with Crippen LogP contribution in [0.1, 0.15) is 59.1 Å². The lowest BCUT2D eigenvalue weighted by atomic mass is 9.94. The first-order valence-corrected chi connectivity index (χ1v) is 12.1. The van der Waals surface area contributed by atoms with Crippen molar-refractivity contribution in [1.82, 2.24) is 4.90 Å². The molecule has 0 aromatic heterocycles. The molecule has 0 bridgehead atoms. The number of hydrogen-bond acceptors (Lipinski definition) is 5. The van der Waals surface area contributed by atoms with E-state index in [4.69, 9.17) is 27.9 Å². The molecule has 2 aromatic carbocycles. The minimum absolute atomic E-state index is 0.0684. The highest BCUT2D eigenvalue weighted by molar-refractivity contribution is 6.34. The Bertz CT molecular complexity index is 1060. The number of carbonyl (C=O) groups excluding carboxylic acids is 1. The van der Waals surface area contributed by atoms with Crippen LogP contribution in [0, 0.1) is 17.6 Å². The first-order chi connectivity index (χ1) is 16.3. The molecular formula is C25H27Cl2F2NO4. The summed E-state index contributed by atoms with van der Waals surface area (Å²) in [6, 6.07) is 5.14. The average Bonchev–Trinajstić information content (AvgIpc) is 3.67. The summed E-state index contributed by atoms with van der Waals surface area (Å²) in [6.45, 7) is 1.42. The predicted molar refractivity (Wildman–Crippen MR) is 126 cm³/mol. The molecule has 0 spiro atoms. The molecule has 1 atom stereocenters. The fourth-order valence-corrected chi connectivity index (χ4v) is 5.05. The highest BCUT2D eigenvalue weighted by atomic mass is 35.5. The Labute approximate surface area is 207 Å². The molecule has 2 aromatic rings. The maximum atomic E-state index is 14.6. The molecule has 2 fully saturated rings. The highest BCUT2D eigenvalue weighted by Gasteiger charge is 2.31. The fourth-order valence-electron chi connectivity index (χ4n) is 4.54. The zero-order chi connectivity index (χ0) is 24.4. The number of ether oxygens (including phenoxy) is 2. The van der Waals surface area contributed by atoms with Crippen molar-refractivity contribution in [2.75, 3.05) is 33.4 Å². The fraction of sp³-hybridized carbons (Fsp3) is 0.480. The topological polar surface area (TPSA) is 59.0 Å². The van der Waals surface area contributed by atoms with Crippen LogP contribution in [0.2, 0.25) is 10.0 Å². The highest BCUT2D eigenvalue weighted by Crippen LogP contribution is 2.45.